The molecule has 5 amide bonds. The van der Waals surface area contributed by atoms with Gasteiger partial charge in [0.2, 0.25) is 17.7 Å². The van der Waals surface area contributed by atoms with Crippen LogP contribution in [-0.2, 0) is 14.4 Å². The Kier molecular flexibility index (Phi) is 4.91. The standard InChI is InChI=1S/C20H22N4O5/c1-11-3-2-8-23(11)10-17(26)21-12-4-5-13-14(9-12)20(29)24(19(13)28)15-6-7-16(25)22-18(15)27/h4-5,9,11,15H,2-3,6-8,10H2,1H3,(H,21,26)(H,22,25,27)/t11-,15?/m1/s1. The first-order valence-electron chi connectivity index (χ1n) is 9.74. The van der Waals surface area contributed by atoms with E-state index in [4.69, 9.17) is 0 Å². The number of benzene rings is 1. The summed E-state index contributed by atoms with van der Waals surface area (Å²) in [5, 5.41) is 4.94. The van der Waals surface area contributed by atoms with Gasteiger partial charge in [0.25, 0.3) is 11.8 Å². The summed E-state index contributed by atoms with van der Waals surface area (Å²) in [6.07, 6.45) is 2.31. The van der Waals surface area contributed by atoms with Crippen LogP contribution in [0.25, 0.3) is 0 Å². The molecule has 0 bridgehead atoms. The fraction of sp³-hybridized carbons (Fsp3) is 0.450. The summed E-state index contributed by atoms with van der Waals surface area (Å²) in [6.45, 7) is 3.24. The predicted octanol–water partition coefficient (Wildman–Crippen LogP) is 0.511. The molecule has 2 fully saturated rings. The lowest BCUT2D eigenvalue weighted by Gasteiger charge is -2.27. The fourth-order valence-electron chi connectivity index (χ4n) is 4.16. The normalized spacial score (nSPS) is 24.7. The molecule has 9 nitrogen and oxygen atoms in total. The number of hydrogen-bond acceptors (Lipinski definition) is 6. The number of nitrogens with one attached hydrogen (secondary N) is 2. The lowest BCUT2D eigenvalue weighted by Crippen LogP contribution is -2.54. The van der Waals surface area contributed by atoms with Gasteiger partial charge in [-0.2, -0.15) is 0 Å². The van der Waals surface area contributed by atoms with Crippen molar-refractivity contribution in [3.8, 4) is 0 Å². The number of rotatable bonds is 4. The number of nitrogens with zero attached hydrogens (tertiary/aromatic N) is 2. The Labute approximate surface area is 167 Å². The van der Waals surface area contributed by atoms with E-state index in [2.05, 4.69) is 22.5 Å². The second-order valence-electron chi connectivity index (χ2n) is 7.72. The van der Waals surface area contributed by atoms with E-state index in [0.29, 0.717) is 11.7 Å². The van der Waals surface area contributed by atoms with Gasteiger partial charge in [-0.25, -0.2) is 0 Å². The summed E-state index contributed by atoms with van der Waals surface area (Å²) >= 11 is 0. The van der Waals surface area contributed by atoms with Crippen LogP contribution in [0.4, 0.5) is 5.69 Å². The van der Waals surface area contributed by atoms with Crippen molar-refractivity contribution in [1.29, 1.82) is 0 Å². The largest absolute Gasteiger partial charge is 0.325 e. The van der Waals surface area contributed by atoms with Crippen molar-refractivity contribution in [3.05, 3.63) is 29.3 Å². The summed E-state index contributed by atoms with van der Waals surface area (Å²) in [7, 11) is 0. The number of hydrogen-bond donors (Lipinski definition) is 2. The van der Waals surface area contributed by atoms with Gasteiger partial charge in [0, 0.05) is 18.2 Å². The second-order valence-corrected chi connectivity index (χ2v) is 7.72. The van der Waals surface area contributed by atoms with Crippen molar-refractivity contribution in [2.75, 3.05) is 18.4 Å². The zero-order valence-electron chi connectivity index (χ0n) is 16.1. The van der Waals surface area contributed by atoms with Gasteiger partial charge in [-0.1, -0.05) is 0 Å². The molecule has 0 radical (unpaired) electrons. The first kappa shape index (κ1) is 19.3. The van der Waals surface area contributed by atoms with E-state index in [0.717, 1.165) is 24.3 Å². The van der Waals surface area contributed by atoms with Gasteiger partial charge in [0.15, 0.2) is 0 Å². The predicted molar refractivity (Wildman–Crippen MR) is 102 cm³/mol. The van der Waals surface area contributed by atoms with Crippen molar-refractivity contribution in [2.45, 2.75) is 44.7 Å². The number of anilines is 1. The topological polar surface area (TPSA) is 116 Å². The van der Waals surface area contributed by atoms with Gasteiger partial charge >= 0.3 is 0 Å². The minimum Gasteiger partial charge on any atom is -0.325 e. The lowest BCUT2D eigenvalue weighted by molar-refractivity contribution is -0.136. The van der Waals surface area contributed by atoms with Crippen LogP contribution < -0.4 is 10.6 Å². The number of amides is 5. The highest BCUT2D eigenvalue weighted by Crippen LogP contribution is 2.29. The lowest BCUT2D eigenvalue weighted by atomic mass is 10.0. The Morgan fingerprint density at radius 3 is 2.59 bits per heavy atom. The summed E-state index contributed by atoms with van der Waals surface area (Å²) in [4.78, 5) is 64.3. The van der Waals surface area contributed by atoms with Gasteiger partial charge in [-0.3, -0.25) is 39.1 Å². The Bertz CT molecular complexity index is 927. The average Bonchev–Trinajstić information content (AvgIpc) is 3.17. The van der Waals surface area contributed by atoms with Crippen LogP contribution in [0.15, 0.2) is 18.2 Å². The van der Waals surface area contributed by atoms with E-state index in [1.165, 1.54) is 12.1 Å². The maximum absolute atomic E-state index is 12.8. The van der Waals surface area contributed by atoms with Crippen molar-refractivity contribution in [1.82, 2.24) is 15.1 Å². The number of piperidine rings is 1. The number of fused-ring (bicyclic) bond motifs is 1. The molecule has 2 N–H and O–H groups in total. The maximum atomic E-state index is 12.8. The highest BCUT2D eigenvalue weighted by Gasteiger charge is 2.44. The number of imide groups is 2. The van der Waals surface area contributed by atoms with Crippen molar-refractivity contribution < 1.29 is 24.0 Å². The van der Waals surface area contributed by atoms with Crippen LogP contribution in [0.3, 0.4) is 0 Å². The molecule has 152 valence electrons. The van der Waals surface area contributed by atoms with E-state index in [1.807, 2.05) is 0 Å². The van der Waals surface area contributed by atoms with Gasteiger partial charge in [-0.15, -0.1) is 0 Å². The molecule has 3 aliphatic rings. The molecule has 9 heteroatoms. The third kappa shape index (κ3) is 3.53. The summed E-state index contributed by atoms with van der Waals surface area (Å²) in [5.41, 5.74) is 0.754. The molecule has 2 atom stereocenters. The smallest absolute Gasteiger partial charge is 0.262 e. The molecule has 3 aliphatic heterocycles. The molecular weight excluding hydrogens is 376 g/mol. The molecule has 0 aromatic heterocycles. The number of likely N-dealkylation sites (tertiary alicyclic amines) is 1. The quantitative estimate of drug-likeness (QED) is 0.714. The minimum atomic E-state index is -1.00. The summed E-state index contributed by atoms with van der Waals surface area (Å²) < 4.78 is 0. The van der Waals surface area contributed by atoms with Gasteiger partial charge in [0.1, 0.15) is 6.04 Å². The van der Waals surface area contributed by atoms with E-state index in [1.54, 1.807) is 6.07 Å². The number of carbonyl (C=O) groups excluding carboxylic acids is 5. The van der Waals surface area contributed by atoms with Crippen LogP contribution in [0.1, 0.15) is 53.3 Å². The van der Waals surface area contributed by atoms with Crippen molar-refractivity contribution >= 4 is 35.2 Å². The van der Waals surface area contributed by atoms with Crippen LogP contribution >= 0.6 is 0 Å². The van der Waals surface area contributed by atoms with Crippen LogP contribution in [0.2, 0.25) is 0 Å². The molecule has 0 aliphatic carbocycles. The van der Waals surface area contributed by atoms with Crippen molar-refractivity contribution in [2.24, 2.45) is 0 Å². The Hall–Kier alpha value is -3.07. The molecule has 2 saturated heterocycles. The monoisotopic (exact) mass is 398 g/mol. The molecular formula is C20H22N4O5. The second kappa shape index (κ2) is 7.40. The van der Waals surface area contributed by atoms with E-state index >= 15 is 0 Å². The molecule has 1 aromatic carbocycles. The van der Waals surface area contributed by atoms with Crippen molar-refractivity contribution in [3.63, 3.8) is 0 Å². The zero-order valence-corrected chi connectivity index (χ0v) is 16.1. The van der Waals surface area contributed by atoms with Crippen LogP contribution in [0.5, 0.6) is 0 Å². The molecule has 1 aromatic rings. The summed E-state index contributed by atoms with van der Waals surface area (Å²) in [5.74, 6) is -2.41. The highest BCUT2D eigenvalue weighted by atomic mass is 16.2. The first-order chi connectivity index (χ1) is 13.8. The first-order valence-corrected chi connectivity index (χ1v) is 9.74. The molecule has 0 saturated carbocycles. The third-order valence-electron chi connectivity index (χ3n) is 5.76. The van der Waals surface area contributed by atoms with Gasteiger partial charge in [-0.05, 0) is 50.9 Å². The zero-order chi connectivity index (χ0) is 20.7. The molecule has 0 spiro atoms. The molecule has 4 rings (SSSR count). The maximum Gasteiger partial charge on any atom is 0.262 e. The van der Waals surface area contributed by atoms with Gasteiger partial charge < -0.3 is 5.32 Å². The van der Waals surface area contributed by atoms with Gasteiger partial charge in [0.05, 0.1) is 17.7 Å². The van der Waals surface area contributed by atoms with E-state index in [9.17, 15) is 24.0 Å². The van der Waals surface area contributed by atoms with E-state index < -0.39 is 29.7 Å². The summed E-state index contributed by atoms with van der Waals surface area (Å²) in [6, 6.07) is 3.88. The Morgan fingerprint density at radius 2 is 1.90 bits per heavy atom. The fourth-order valence-corrected chi connectivity index (χ4v) is 4.16. The molecule has 1 unspecified atom stereocenters. The van der Waals surface area contributed by atoms with Crippen LogP contribution in [-0.4, -0.2) is 64.5 Å². The SMILES string of the molecule is C[C@@H]1CCCN1CC(=O)Nc1ccc2c(c1)C(=O)N(C1CCC(=O)NC1=O)C2=O. The third-order valence-corrected chi connectivity index (χ3v) is 5.76. The average molecular weight is 398 g/mol. The van der Waals surface area contributed by atoms with Crippen LogP contribution in [0, 0.1) is 0 Å². The highest BCUT2D eigenvalue weighted by molar-refractivity contribution is 6.23. The minimum absolute atomic E-state index is 0.0695. The Morgan fingerprint density at radius 1 is 1.14 bits per heavy atom. The number of carbonyl (C=O) groups is 5. The van der Waals surface area contributed by atoms with E-state index in [-0.39, 0.29) is 36.4 Å². The molecule has 3 heterocycles. The Balaban J connectivity index is 1.49. The molecule has 29 heavy (non-hydrogen) atoms.